The molecule has 0 saturated heterocycles. The predicted octanol–water partition coefficient (Wildman–Crippen LogP) is 2.14. The Bertz CT molecular complexity index is 629. The number of carbonyl (C=O) groups is 1. The SMILES string of the molecule is Cc1oc(C(=O)O)cc1S(=O)(=O)NC1CCCC1(C)C. The molecule has 1 saturated carbocycles. The summed E-state index contributed by atoms with van der Waals surface area (Å²) >= 11 is 0. The summed E-state index contributed by atoms with van der Waals surface area (Å²) in [7, 11) is -3.77. The van der Waals surface area contributed by atoms with E-state index in [1.807, 2.05) is 13.8 Å². The lowest BCUT2D eigenvalue weighted by Gasteiger charge is -2.27. The number of hydrogen-bond acceptors (Lipinski definition) is 4. The minimum atomic E-state index is -3.77. The van der Waals surface area contributed by atoms with Crippen molar-refractivity contribution in [2.24, 2.45) is 5.41 Å². The van der Waals surface area contributed by atoms with Crippen LogP contribution in [0.4, 0.5) is 0 Å². The van der Waals surface area contributed by atoms with Crippen LogP contribution in [0.2, 0.25) is 0 Å². The van der Waals surface area contributed by atoms with Gasteiger partial charge in [-0.25, -0.2) is 17.9 Å². The maximum Gasteiger partial charge on any atom is 0.371 e. The number of sulfonamides is 1. The van der Waals surface area contributed by atoms with E-state index in [4.69, 9.17) is 9.52 Å². The Kier molecular flexibility index (Phi) is 3.68. The van der Waals surface area contributed by atoms with Crippen LogP contribution in [0.5, 0.6) is 0 Å². The number of carboxylic acids is 1. The number of aromatic carboxylic acids is 1. The average molecular weight is 301 g/mol. The molecule has 0 aliphatic heterocycles. The van der Waals surface area contributed by atoms with Crippen LogP contribution in [0.3, 0.4) is 0 Å². The third-order valence-corrected chi connectivity index (χ3v) is 5.51. The zero-order valence-electron chi connectivity index (χ0n) is 11.8. The molecule has 0 amide bonds. The number of carboxylic acid groups (broad SMARTS) is 1. The van der Waals surface area contributed by atoms with Crippen molar-refractivity contribution in [3.63, 3.8) is 0 Å². The monoisotopic (exact) mass is 301 g/mol. The zero-order valence-corrected chi connectivity index (χ0v) is 12.6. The molecule has 112 valence electrons. The lowest BCUT2D eigenvalue weighted by molar-refractivity contribution is 0.0661. The van der Waals surface area contributed by atoms with Gasteiger partial charge in [-0.15, -0.1) is 0 Å². The third kappa shape index (κ3) is 2.73. The molecule has 7 heteroatoms. The number of aryl methyl sites for hydroxylation is 1. The van der Waals surface area contributed by atoms with Gasteiger partial charge in [0.05, 0.1) is 0 Å². The smallest absolute Gasteiger partial charge is 0.371 e. The standard InChI is InChI=1S/C13H19NO5S/c1-8-10(7-9(19-8)12(15)16)20(17,18)14-11-5-4-6-13(11,2)3/h7,11,14H,4-6H2,1-3H3,(H,15,16). The van der Waals surface area contributed by atoms with E-state index in [-0.39, 0.29) is 27.9 Å². The highest BCUT2D eigenvalue weighted by molar-refractivity contribution is 7.89. The summed E-state index contributed by atoms with van der Waals surface area (Å²) < 4.78 is 32.4. The van der Waals surface area contributed by atoms with Crippen LogP contribution >= 0.6 is 0 Å². The number of hydrogen-bond donors (Lipinski definition) is 2. The number of furan rings is 1. The van der Waals surface area contributed by atoms with Gasteiger partial charge >= 0.3 is 5.97 Å². The highest BCUT2D eigenvalue weighted by Crippen LogP contribution is 2.38. The molecule has 6 nitrogen and oxygen atoms in total. The van der Waals surface area contributed by atoms with E-state index < -0.39 is 16.0 Å². The Morgan fingerprint density at radius 1 is 1.50 bits per heavy atom. The van der Waals surface area contributed by atoms with E-state index in [1.165, 1.54) is 6.92 Å². The molecular weight excluding hydrogens is 282 g/mol. The first-order valence-corrected chi connectivity index (χ1v) is 7.98. The van der Waals surface area contributed by atoms with Crippen molar-refractivity contribution < 1.29 is 22.7 Å². The first kappa shape index (κ1) is 15.1. The molecule has 1 aliphatic carbocycles. The fraction of sp³-hybridized carbons (Fsp3) is 0.615. The van der Waals surface area contributed by atoms with Crippen LogP contribution in [0.25, 0.3) is 0 Å². The van der Waals surface area contributed by atoms with E-state index in [0.717, 1.165) is 25.3 Å². The van der Waals surface area contributed by atoms with E-state index in [9.17, 15) is 13.2 Å². The summed E-state index contributed by atoms with van der Waals surface area (Å²) in [6.45, 7) is 5.50. The molecule has 0 bridgehead atoms. The Morgan fingerprint density at radius 3 is 2.60 bits per heavy atom. The highest BCUT2D eigenvalue weighted by Gasteiger charge is 2.38. The lowest BCUT2D eigenvalue weighted by atomic mass is 9.88. The second-order valence-electron chi connectivity index (χ2n) is 5.89. The third-order valence-electron chi connectivity index (χ3n) is 3.93. The molecule has 0 spiro atoms. The minimum absolute atomic E-state index is 0.0886. The largest absolute Gasteiger partial charge is 0.475 e. The quantitative estimate of drug-likeness (QED) is 0.888. The van der Waals surface area contributed by atoms with Crippen LogP contribution in [0.15, 0.2) is 15.4 Å². The van der Waals surface area contributed by atoms with Crippen molar-refractivity contribution in [1.82, 2.24) is 4.72 Å². The van der Waals surface area contributed by atoms with Crippen molar-refractivity contribution in [3.05, 3.63) is 17.6 Å². The first-order chi connectivity index (χ1) is 9.13. The van der Waals surface area contributed by atoms with Crippen LogP contribution in [0.1, 0.15) is 49.4 Å². The average Bonchev–Trinajstić information content (AvgIpc) is 2.83. The fourth-order valence-electron chi connectivity index (χ4n) is 2.63. The Balaban J connectivity index is 2.29. The van der Waals surface area contributed by atoms with Gasteiger partial charge in [0, 0.05) is 12.1 Å². The minimum Gasteiger partial charge on any atom is -0.475 e. The van der Waals surface area contributed by atoms with E-state index in [2.05, 4.69) is 4.72 Å². The van der Waals surface area contributed by atoms with Gasteiger partial charge in [-0.3, -0.25) is 0 Å². The normalized spacial score (nSPS) is 22.1. The molecule has 1 heterocycles. The van der Waals surface area contributed by atoms with Crippen molar-refractivity contribution in [2.45, 2.75) is 51.0 Å². The van der Waals surface area contributed by atoms with Crippen molar-refractivity contribution in [1.29, 1.82) is 0 Å². The second-order valence-corrected chi connectivity index (χ2v) is 7.57. The van der Waals surface area contributed by atoms with Crippen LogP contribution < -0.4 is 4.72 Å². The molecule has 2 rings (SSSR count). The van der Waals surface area contributed by atoms with Gasteiger partial charge in [-0.05, 0) is 25.2 Å². The predicted molar refractivity (Wildman–Crippen MR) is 72.1 cm³/mol. The number of rotatable bonds is 4. The number of nitrogens with one attached hydrogen (secondary N) is 1. The second kappa shape index (κ2) is 4.89. The molecule has 20 heavy (non-hydrogen) atoms. The maximum atomic E-state index is 12.4. The van der Waals surface area contributed by atoms with Gasteiger partial charge < -0.3 is 9.52 Å². The van der Waals surface area contributed by atoms with Crippen LogP contribution in [0, 0.1) is 12.3 Å². The molecule has 1 aliphatic rings. The van der Waals surface area contributed by atoms with E-state index in [1.54, 1.807) is 0 Å². The molecule has 1 aromatic heterocycles. The lowest BCUT2D eigenvalue weighted by Crippen LogP contribution is -2.41. The fourth-order valence-corrected chi connectivity index (χ4v) is 4.25. The van der Waals surface area contributed by atoms with Crippen molar-refractivity contribution in [3.8, 4) is 0 Å². The summed E-state index contributed by atoms with van der Waals surface area (Å²) in [5.41, 5.74) is -0.0969. The van der Waals surface area contributed by atoms with Gasteiger partial charge in [0.25, 0.3) is 0 Å². The summed E-state index contributed by atoms with van der Waals surface area (Å²) in [6.07, 6.45) is 2.73. The summed E-state index contributed by atoms with van der Waals surface area (Å²) in [4.78, 5) is 10.7. The molecule has 1 unspecified atom stereocenters. The van der Waals surface area contributed by atoms with Crippen molar-refractivity contribution in [2.75, 3.05) is 0 Å². The Morgan fingerprint density at radius 2 is 2.15 bits per heavy atom. The first-order valence-electron chi connectivity index (χ1n) is 6.49. The Hall–Kier alpha value is -1.34. The molecular formula is C13H19NO5S. The molecule has 2 N–H and O–H groups in total. The summed E-state index contributed by atoms with van der Waals surface area (Å²) in [6, 6.07) is 0.914. The summed E-state index contributed by atoms with van der Waals surface area (Å²) in [5.74, 6) is -1.56. The summed E-state index contributed by atoms with van der Waals surface area (Å²) in [5, 5.41) is 8.85. The Labute approximate surface area is 118 Å². The molecule has 1 aromatic rings. The van der Waals surface area contributed by atoms with Gasteiger partial charge in [0.2, 0.25) is 15.8 Å². The van der Waals surface area contributed by atoms with E-state index >= 15 is 0 Å². The van der Waals surface area contributed by atoms with E-state index in [0.29, 0.717) is 0 Å². The van der Waals surface area contributed by atoms with Crippen LogP contribution in [-0.4, -0.2) is 25.5 Å². The van der Waals surface area contributed by atoms with Crippen molar-refractivity contribution >= 4 is 16.0 Å². The van der Waals surface area contributed by atoms with Gasteiger partial charge in [0.15, 0.2) is 0 Å². The van der Waals surface area contributed by atoms with Crippen LogP contribution in [-0.2, 0) is 10.0 Å². The molecule has 1 atom stereocenters. The topological polar surface area (TPSA) is 96.6 Å². The highest BCUT2D eigenvalue weighted by atomic mass is 32.2. The molecule has 1 fully saturated rings. The molecule has 0 aromatic carbocycles. The van der Waals surface area contributed by atoms with Gasteiger partial charge in [-0.1, -0.05) is 20.3 Å². The maximum absolute atomic E-state index is 12.4. The van der Waals surface area contributed by atoms with Gasteiger partial charge in [0.1, 0.15) is 10.7 Å². The zero-order chi connectivity index (χ0) is 15.1. The van der Waals surface area contributed by atoms with Gasteiger partial charge in [-0.2, -0.15) is 0 Å². The molecule has 0 radical (unpaired) electrons.